The van der Waals surface area contributed by atoms with Crippen LogP contribution in [0.25, 0.3) is 0 Å². The van der Waals surface area contributed by atoms with Crippen molar-refractivity contribution in [1.29, 1.82) is 0 Å². The van der Waals surface area contributed by atoms with Gasteiger partial charge in [0, 0.05) is 10.2 Å². The SMILES string of the molecule is Cc1cc(Br)cc(NC(=O)c2ccc(N)nn2)c1. The number of hydrogen-bond acceptors (Lipinski definition) is 4. The molecule has 1 aromatic heterocycles. The first-order valence-electron chi connectivity index (χ1n) is 5.22. The first kappa shape index (κ1) is 12.5. The molecule has 1 heterocycles. The molecule has 1 aromatic carbocycles. The summed E-state index contributed by atoms with van der Waals surface area (Å²) in [6, 6.07) is 8.71. The normalized spacial score (nSPS) is 10.1. The molecule has 6 heteroatoms. The van der Waals surface area contributed by atoms with Gasteiger partial charge >= 0.3 is 0 Å². The van der Waals surface area contributed by atoms with Gasteiger partial charge in [0.1, 0.15) is 5.82 Å². The van der Waals surface area contributed by atoms with Crippen LogP contribution in [0.3, 0.4) is 0 Å². The van der Waals surface area contributed by atoms with Gasteiger partial charge < -0.3 is 11.1 Å². The fourth-order valence-corrected chi connectivity index (χ4v) is 2.08. The second-order valence-electron chi connectivity index (χ2n) is 3.81. The van der Waals surface area contributed by atoms with E-state index in [0.717, 1.165) is 10.0 Å². The number of amides is 1. The summed E-state index contributed by atoms with van der Waals surface area (Å²) < 4.78 is 0.904. The summed E-state index contributed by atoms with van der Waals surface area (Å²) in [4.78, 5) is 11.9. The van der Waals surface area contributed by atoms with Gasteiger partial charge in [-0.2, -0.15) is 0 Å². The lowest BCUT2D eigenvalue weighted by Gasteiger charge is -2.06. The summed E-state index contributed by atoms with van der Waals surface area (Å²) in [5.74, 6) is -0.0372. The number of aryl methyl sites for hydroxylation is 1. The molecule has 0 saturated heterocycles. The highest BCUT2D eigenvalue weighted by molar-refractivity contribution is 9.10. The third kappa shape index (κ3) is 3.04. The molecule has 0 aliphatic carbocycles. The molecule has 0 atom stereocenters. The van der Waals surface area contributed by atoms with Gasteiger partial charge in [-0.05, 0) is 42.8 Å². The minimum absolute atomic E-state index is 0.224. The lowest BCUT2D eigenvalue weighted by Crippen LogP contribution is -2.14. The summed E-state index contributed by atoms with van der Waals surface area (Å²) in [5.41, 5.74) is 7.38. The molecule has 18 heavy (non-hydrogen) atoms. The van der Waals surface area contributed by atoms with E-state index in [2.05, 4.69) is 31.4 Å². The fourth-order valence-electron chi connectivity index (χ4n) is 1.47. The zero-order valence-electron chi connectivity index (χ0n) is 9.64. The van der Waals surface area contributed by atoms with E-state index in [9.17, 15) is 4.79 Å². The highest BCUT2D eigenvalue weighted by Gasteiger charge is 2.08. The number of nitrogens with two attached hydrogens (primary N) is 1. The Morgan fingerprint density at radius 3 is 2.67 bits per heavy atom. The summed E-state index contributed by atoms with van der Waals surface area (Å²) in [6.45, 7) is 1.95. The summed E-state index contributed by atoms with van der Waals surface area (Å²) in [5, 5.41) is 10.1. The molecule has 0 unspecified atom stereocenters. The van der Waals surface area contributed by atoms with Gasteiger partial charge in [-0.1, -0.05) is 15.9 Å². The number of rotatable bonds is 2. The van der Waals surface area contributed by atoms with Crippen LogP contribution in [-0.4, -0.2) is 16.1 Å². The quantitative estimate of drug-likeness (QED) is 0.892. The standard InChI is InChI=1S/C12H11BrN4O/c1-7-4-8(13)6-9(5-7)15-12(18)10-2-3-11(14)17-16-10/h2-6H,1H3,(H2,14,17)(H,15,18). The summed E-state index contributed by atoms with van der Waals surface area (Å²) in [7, 11) is 0. The molecular weight excluding hydrogens is 296 g/mol. The lowest BCUT2D eigenvalue weighted by molar-refractivity contribution is 0.102. The number of aromatic nitrogens is 2. The molecule has 0 fully saturated rings. The Labute approximate surface area is 113 Å². The molecule has 0 radical (unpaired) electrons. The van der Waals surface area contributed by atoms with Crippen LogP contribution < -0.4 is 11.1 Å². The van der Waals surface area contributed by atoms with Gasteiger partial charge in [0.15, 0.2) is 5.69 Å². The van der Waals surface area contributed by atoms with Crippen LogP contribution in [-0.2, 0) is 0 Å². The van der Waals surface area contributed by atoms with Gasteiger partial charge in [-0.25, -0.2) is 0 Å². The molecular formula is C12H11BrN4O. The van der Waals surface area contributed by atoms with E-state index < -0.39 is 0 Å². The molecule has 92 valence electrons. The Hall–Kier alpha value is -1.95. The van der Waals surface area contributed by atoms with Crippen LogP contribution >= 0.6 is 15.9 Å². The van der Waals surface area contributed by atoms with Crippen molar-refractivity contribution in [3.8, 4) is 0 Å². The highest BCUT2D eigenvalue weighted by atomic mass is 79.9. The predicted molar refractivity (Wildman–Crippen MR) is 73.3 cm³/mol. The van der Waals surface area contributed by atoms with Crippen molar-refractivity contribution in [1.82, 2.24) is 10.2 Å². The second-order valence-corrected chi connectivity index (χ2v) is 4.73. The van der Waals surface area contributed by atoms with Crippen LogP contribution in [0.1, 0.15) is 16.1 Å². The van der Waals surface area contributed by atoms with Gasteiger partial charge in [-0.3, -0.25) is 4.79 Å². The fraction of sp³-hybridized carbons (Fsp3) is 0.0833. The Kier molecular flexibility index (Phi) is 3.57. The van der Waals surface area contributed by atoms with Crippen LogP contribution in [0.15, 0.2) is 34.8 Å². The molecule has 2 aromatic rings. The van der Waals surface area contributed by atoms with Gasteiger partial charge in [-0.15, -0.1) is 10.2 Å². The number of nitrogens with one attached hydrogen (secondary N) is 1. The van der Waals surface area contributed by atoms with Crippen molar-refractivity contribution in [2.75, 3.05) is 11.1 Å². The maximum absolute atomic E-state index is 11.9. The molecule has 2 rings (SSSR count). The number of anilines is 2. The molecule has 5 nitrogen and oxygen atoms in total. The molecule has 0 aliphatic heterocycles. The molecule has 0 bridgehead atoms. The predicted octanol–water partition coefficient (Wildman–Crippen LogP) is 2.38. The topological polar surface area (TPSA) is 80.9 Å². The summed E-state index contributed by atoms with van der Waals surface area (Å²) >= 11 is 3.37. The van der Waals surface area contributed by atoms with Crippen molar-refractivity contribution in [3.63, 3.8) is 0 Å². The number of nitrogen functional groups attached to an aromatic ring is 1. The Balaban J connectivity index is 2.18. The zero-order valence-corrected chi connectivity index (χ0v) is 11.2. The average molecular weight is 307 g/mol. The first-order chi connectivity index (χ1) is 8.54. The Morgan fingerprint density at radius 1 is 1.28 bits per heavy atom. The highest BCUT2D eigenvalue weighted by Crippen LogP contribution is 2.19. The van der Waals surface area contributed by atoms with Crippen LogP contribution in [0.2, 0.25) is 0 Å². The van der Waals surface area contributed by atoms with E-state index in [1.54, 1.807) is 0 Å². The number of hydrogen-bond donors (Lipinski definition) is 2. The van der Waals surface area contributed by atoms with E-state index in [0.29, 0.717) is 5.69 Å². The number of halogens is 1. The van der Waals surface area contributed by atoms with Crippen molar-refractivity contribution < 1.29 is 4.79 Å². The largest absolute Gasteiger partial charge is 0.382 e. The van der Waals surface area contributed by atoms with Crippen LogP contribution in [0.4, 0.5) is 11.5 Å². The second kappa shape index (κ2) is 5.14. The van der Waals surface area contributed by atoms with Gasteiger partial charge in [0.05, 0.1) is 0 Å². The van der Waals surface area contributed by atoms with Crippen molar-refractivity contribution in [3.05, 3.63) is 46.1 Å². The van der Waals surface area contributed by atoms with Crippen LogP contribution in [0, 0.1) is 6.92 Å². The van der Waals surface area contributed by atoms with Crippen molar-refractivity contribution >= 4 is 33.3 Å². The van der Waals surface area contributed by atoms with Crippen molar-refractivity contribution in [2.45, 2.75) is 6.92 Å². The molecule has 1 amide bonds. The zero-order chi connectivity index (χ0) is 13.1. The lowest BCUT2D eigenvalue weighted by atomic mass is 10.2. The Morgan fingerprint density at radius 2 is 2.06 bits per heavy atom. The Bertz CT molecular complexity index is 563. The molecule has 0 aliphatic rings. The minimum atomic E-state index is -0.319. The van der Waals surface area contributed by atoms with E-state index in [1.165, 1.54) is 12.1 Å². The number of nitrogens with zero attached hydrogens (tertiary/aromatic N) is 2. The molecule has 0 saturated carbocycles. The third-order valence-corrected chi connectivity index (χ3v) is 2.68. The maximum Gasteiger partial charge on any atom is 0.276 e. The smallest absolute Gasteiger partial charge is 0.276 e. The molecule has 0 spiro atoms. The minimum Gasteiger partial charge on any atom is -0.382 e. The number of carbonyl (C=O) groups excluding carboxylic acids is 1. The van der Waals surface area contributed by atoms with Gasteiger partial charge in [0.25, 0.3) is 5.91 Å². The third-order valence-electron chi connectivity index (χ3n) is 2.22. The number of benzene rings is 1. The number of carbonyl (C=O) groups is 1. The van der Waals surface area contributed by atoms with E-state index >= 15 is 0 Å². The van der Waals surface area contributed by atoms with E-state index in [4.69, 9.17) is 5.73 Å². The van der Waals surface area contributed by atoms with Crippen molar-refractivity contribution in [2.24, 2.45) is 0 Å². The van der Waals surface area contributed by atoms with E-state index in [-0.39, 0.29) is 17.4 Å². The maximum atomic E-state index is 11.9. The van der Waals surface area contributed by atoms with Gasteiger partial charge in [0.2, 0.25) is 0 Å². The molecule has 3 N–H and O–H groups in total. The van der Waals surface area contributed by atoms with Crippen LogP contribution in [0.5, 0.6) is 0 Å². The monoisotopic (exact) mass is 306 g/mol. The summed E-state index contributed by atoms with van der Waals surface area (Å²) in [6.07, 6.45) is 0. The van der Waals surface area contributed by atoms with E-state index in [1.807, 2.05) is 25.1 Å². The first-order valence-corrected chi connectivity index (χ1v) is 6.01. The average Bonchev–Trinajstić information content (AvgIpc) is 2.28.